The number of fused-ring (bicyclic) bond motifs is 1. The van der Waals surface area contributed by atoms with Gasteiger partial charge >= 0.3 is 0 Å². The summed E-state index contributed by atoms with van der Waals surface area (Å²) < 4.78 is 0. The molecular formula is C26H38N4O3. The van der Waals surface area contributed by atoms with Gasteiger partial charge in [-0.3, -0.25) is 14.4 Å². The van der Waals surface area contributed by atoms with Gasteiger partial charge in [0, 0.05) is 11.9 Å². The molecule has 0 aliphatic heterocycles. The predicted octanol–water partition coefficient (Wildman–Crippen LogP) is 4.80. The number of unbranched alkanes of at least 4 members (excludes halogenated alkanes) is 10. The molecule has 0 aliphatic carbocycles. The lowest BCUT2D eigenvalue weighted by molar-refractivity contribution is -0.126. The molecule has 2 amide bonds. The van der Waals surface area contributed by atoms with Crippen LogP contribution in [0.3, 0.4) is 0 Å². The number of carbonyl (C=O) groups is 2. The van der Waals surface area contributed by atoms with Crippen LogP contribution in [0.4, 0.5) is 0 Å². The van der Waals surface area contributed by atoms with Crippen LogP contribution in [0.15, 0.2) is 40.2 Å². The molecular weight excluding hydrogens is 416 g/mol. The Hall–Kier alpha value is -2.96. The van der Waals surface area contributed by atoms with E-state index in [0.29, 0.717) is 12.0 Å². The number of aromatic nitrogens is 1. The highest BCUT2D eigenvalue weighted by Gasteiger charge is 2.05. The van der Waals surface area contributed by atoms with Crippen LogP contribution in [0.25, 0.3) is 10.9 Å². The number of pyridine rings is 1. The summed E-state index contributed by atoms with van der Waals surface area (Å²) in [7, 11) is 0. The van der Waals surface area contributed by atoms with E-state index in [2.05, 4.69) is 27.8 Å². The van der Waals surface area contributed by atoms with Crippen molar-refractivity contribution in [2.24, 2.45) is 5.10 Å². The third kappa shape index (κ3) is 10.9. The first-order valence-corrected chi connectivity index (χ1v) is 12.3. The number of rotatable bonds is 16. The van der Waals surface area contributed by atoms with Crippen molar-refractivity contribution in [3.05, 3.63) is 46.2 Å². The van der Waals surface area contributed by atoms with Gasteiger partial charge in [-0.25, -0.2) is 5.43 Å². The molecule has 0 aliphatic rings. The zero-order valence-corrected chi connectivity index (χ0v) is 19.8. The molecule has 0 bridgehead atoms. The summed E-state index contributed by atoms with van der Waals surface area (Å²) in [4.78, 5) is 38.6. The Morgan fingerprint density at radius 1 is 0.909 bits per heavy atom. The molecule has 1 aromatic heterocycles. The molecule has 0 radical (unpaired) electrons. The average Bonchev–Trinajstić information content (AvgIpc) is 2.81. The second kappa shape index (κ2) is 15.8. The first-order chi connectivity index (χ1) is 16.1. The van der Waals surface area contributed by atoms with Gasteiger partial charge in [-0.05, 0) is 23.9 Å². The summed E-state index contributed by atoms with van der Waals surface area (Å²) in [6.07, 6.45) is 15.3. The van der Waals surface area contributed by atoms with Gasteiger partial charge in [0.2, 0.25) is 5.91 Å². The SMILES string of the molecule is CCCCCCCCCCCCCC(=O)NCC(=O)NN=Cc1cc2ccccc2[nH]c1=O. The summed E-state index contributed by atoms with van der Waals surface area (Å²) in [5, 5.41) is 7.31. The number of nitrogens with one attached hydrogen (secondary N) is 3. The molecule has 2 aromatic rings. The maximum atomic E-state index is 12.1. The summed E-state index contributed by atoms with van der Waals surface area (Å²) in [5.74, 6) is -0.563. The van der Waals surface area contributed by atoms with Crippen LogP contribution in [0.2, 0.25) is 0 Å². The first-order valence-electron chi connectivity index (χ1n) is 12.3. The summed E-state index contributed by atoms with van der Waals surface area (Å²) in [6, 6.07) is 9.13. The van der Waals surface area contributed by atoms with Gasteiger partial charge < -0.3 is 10.3 Å². The van der Waals surface area contributed by atoms with Gasteiger partial charge in [-0.2, -0.15) is 5.10 Å². The van der Waals surface area contributed by atoms with Crippen molar-refractivity contribution in [2.75, 3.05) is 6.54 Å². The van der Waals surface area contributed by atoms with E-state index in [1.165, 1.54) is 57.6 Å². The van der Waals surface area contributed by atoms with Crippen molar-refractivity contribution in [2.45, 2.75) is 84.0 Å². The fourth-order valence-electron chi connectivity index (χ4n) is 3.69. The normalized spacial score (nSPS) is 11.2. The highest BCUT2D eigenvalue weighted by Crippen LogP contribution is 2.12. The standard InChI is InChI=1S/C26H38N4O3/c1-2-3-4-5-6-7-8-9-10-11-12-17-24(31)27-20-25(32)30-28-19-22-18-21-15-13-14-16-23(21)29-26(22)33/h13-16,18-19H,2-12,17,20H2,1H3,(H,27,31)(H,29,33)(H,30,32). The minimum absolute atomic E-state index is 0.129. The molecule has 33 heavy (non-hydrogen) atoms. The summed E-state index contributed by atoms with van der Waals surface area (Å²) in [6.45, 7) is 2.10. The van der Waals surface area contributed by atoms with Gasteiger partial charge in [0.05, 0.1) is 18.3 Å². The van der Waals surface area contributed by atoms with Crippen LogP contribution in [0.1, 0.15) is 89.5 Å². The number of nitrogens with zero attached hydrogens (tertiary/aromatic N) is 1. The highest BCUT2D eigenvalue weighted by atomic mass is 16.2. The Balaban J connectivity index is 1.53. The van der Waals surface area contributed by atoms with Crippen molar-refractivity contribution in [3.8, 4) is 0 Å². The Morgan fingerprint density at radius 2 is 1.55 bits per heavy atom. The van der Waals surface area contributed by atoms with Crippen LogP contribution in [-0.4, -0.2) is 29.6 Å². The number of hydrazone groups is 1. The minimum atomic E-state index is -0.434. The van der Waals surface area contributed by atoms with Gasteiger partial charge in [0.15, 0.2) is 0 Å². The number of amides is 2. The van der Waals surface area contributed by atoms with E-state index in [1.54, 1.807) is 6.07 Å². The number of carbonyl (C=O) groups excluding carboxylic acids is 2. The fraction of sp³-hybridized carbons (Fsp3) is 0.538. The van der Waals surface area contributed by atoms with Crippen molar-refractivity contribution >= 4 is 28.9 Å². The molecule has 7 heteroatoms. The lowest BCUT2D eigenvalue weighted by Crippen LogP contribution is -2.34. The molecule has 180 valence electrons. The molecule has 1 aromatic carbocycles. The Kier molecular flexibility index (Phi) is 12.6. The number of para-hydroxylation sites is 1. The number of aromatic amines is 1. The van der Waals surface area contributed by atoms with Crippen molar-refractivity contribution in [3.63, 3.8) is 0 Å². The zero-order valence-electron chi connectivity index (χ0n) is 19.8. The van der Waals surface area contributed by atoms with Crippen molar-refractivity contribution in [1.82, 2.24) is 15.7 Å². The van der Waals surface area contributed by atoms with E-state index >= 15 is 0 Å². The maximum absolute atomic E-state index is 12.1. The number of H-pyrrole nitrogens is 1. The number of benzene rings is 1. The Morgan fingerprint density at radius 3 is 2.24 bits per heavy atom. The van der Waals surface area contributed by atoms with Crippen molar-refractivity contribution in [1.29, 1.82) is 0 Å². The third-order valence-corrected chi connectivity index (χ3v) is 5.63. The fourth-order valence-corrected chi connectivity index (χ4v) is 3.69. The molecule has 0 fully saturated rings. The van der Waals surface area contributed by atoms with E-state index < -0.39 is 5.91 Å². The predicted molar refractivity (Wildman–Crippen MR) is 134 cm³/mol. The smallest absolute Gasteiger partial charge is 0.259 e. The number of hydrogen-bond donors (Lipinski definition) is 3. The molecule has 0 saturated carbocycles. The van der Waals surface area contributed by atoms with Crippen LogP contribution in [0, 0.1) is 0 Å². The molecule has 3 N–H and O–H groups in total. The molecule has 0 saturated heterocycles. The second-order valence-corrected chi connectivity index (χ2v) is 8.50. The second-order valence-electron chi connectivity index (χ2n) is 8.50. The lowest BCUT2D eigenvalue weighted by atomic mass is 10.1. The summed E-state index contributed by atoms with van der Waals surface area (Å²) >= 11 is 0. The van der Waals surface area contributed by atoms with Gasteiger partial charge in [-0.15, -0.1) is 0 Å². The first kappa shape index (κ1) is 26.3. The Bertz CT molecular complexity index is 952. The average molecular weight is 455 g/mol. The Labute approximate surface area is 196 Å². The topological polar surface area (TPSA) is 103 Å². The van der Waals surface area contributed by atoms with E-state index in [9.17, 15) is 14.4 Å². The van der Waals surface area contributed by atoms with Gasteiger partial charge in [0.25, 0.3) is 11.5 Å². The van der Waals surface area contributed by atoms with Crippen LogP contribution < -0.4 is 16.3 Å². The minimum Gasteiger partial charge on any atom is -0.347 e. The third-order valence-electron chi connectivity index (χ3n) is 5.63. The van der Waals surface area contributed by atoms with E-state index in [1.807, 2.05) is 24.3 Å². The summed E-state index contributed by atoms with van der Waals surface area (Å²) in [5.41, 5.74) is 3.13. The zero-order chi connectivity index (χ0) is 23.7. The molecule has 0 spiro atoms. The highest BCUT2D eigenvalue weighted by molar-refractivity contribution is 5.89. The quantitative estimate of drug-likeness (QED) is 0.193. The largest absolute Gasteiger partial charge is 0.347 e. The van der Waals surface area contributed by atoms with Gasteiger partial charge in [-0.1, -0.05) is 89.3 Å². The van der Waals surface area contributed by atoms with E-state index in [0.717, 1.165) is 30.2 Å². The van der Waals surface area contributed by atoms with E-state index in [4.69, 9.17) is 0 Å². The van der Waals surface area contributed by atoms with Crippen LogP contribution >= 0.6 is 0 Å². The monoisotopic (exact) mass is 454 g/mol. The molecule has 2 rings (SSSR count). The van der Waals surface area contributed by atoms with Crippen molar-refractivity contribution < 1.29 is 9.59 Å². The molecule has 0 atom stereocenters. The van der Waals surface area contributed by atoms with Crippen LogP contribution in [0.5, 0.6) is 0 Å². The molecule has 7 nitrogen and oxygen atoms in total. The molecule has 1 heterocycles. The maximum Gasteiger partial charge on any atom is 0.259 e. The lowest BCUT2D eigenvalue weighted by Gasteiger charge is -2.05. The van der Waals surface area contributed by atoms with E-state index in [-0.39, 0.29) is 18.0 Å². The van der Waals surface area contributed by atoms with Gasteiger partial charge in [0.1, 0.15) is 0 Å². The van der Waals surface area contributed by atoms with Crippen LogP contribution in [-0.2, 0) is 9.59 Å². The molecule has 0 unspecified atom stereocenters. The number of hydrogen-bond acceptors (Lipinski definition) is 4.